The summed E-state index contributed by atoms with van der Waals surface area (Å²) in [6, 6.07) is 6.13. The first-order valence-corrected chi connectivity index (χ1v) is 5.94. The van der Waals surface area contributed by atoms with E-state index < -0.39 is 17.0 Å². The van der Waals surface area contributed by atoms with E-state index in [0.717, 1.165) is 6.07 Å². The van der Waals surface area contributed by atoms with Crippen molar-refractivity contribution >= 4 is 0 Å². The molecule has 96 valence electrons. The molecule has 1 saturated heterocycles. The normalized spacial score (nSPS) is 19.1. The summed E-state index contributed by atoms with van der Waals surface area (Å²) in [7, 11) is 0. The second-order valence-corrected chi connectivity index (χ2v) is 5.13. The van der Waals surface area contributed by atoms with Gasteiger partial charge in [-0.2, -0.15) is 5.26 Å². The summed E-state index contributed by atoms with van der Waals surface area (Å²) < 4.78 is 31.5. The number of hydrogen-bond acceptors (Lipinski definition) is 2. The molecule has 0 amide bonds. The predicted octanol–water partition coefficient (Wildman–Crippen LogP) is 3.03. The zero-order valence-corrected chi connectivity index (χ0v) is 10.4. The second-order valence-electron chi connectivity index (χ2n) is 5.13. The van der Waals surface area contributed by atoms with Gasteiger partial charge in [-0.25, -0.2) is 8.78 Å². The monoisotopic (exact) mass is 251 g/mol. The van der Waals surface area contributed by atoms with Crippen molar-refractivity contribution in [1.82, 2.24) is 0 Å². The van der Waals surface area contributed by atoms with Gasteiger partial charge in [0.15, 0.2) is 11.6 Å². The molecule has 0 aliphatic carbocycles. The van der Waals surface area contributed by atoms with E-state index >= 15 is 0 Å². The highest BCUT2D eigenvalue weighted by atomic mass is 19.2. The highest BCUT2D eigenvalue weighted by Gasteiger charge is 2.48. The molecule has 1 aliphatic rings. The maximum atomic E-state index is 13.3. The Morgan fingerprint density at radius 2 is 1.94 bits per heavy atom. The maximum Gasteiger partial charge on any atom is 0.159 e. The Morgan fingerprint density at radius 3 is 2.33 bits per heavy atom. The lowest BCUT2D eigenvalue weighted by atomic mass is 9.65. The van der Waals surface area contributed by atoms with Gasteiger partial charge in [0.05, 0.1) is 30.6 Å². The van der Waals surface area contributed by atoms with Crippen molar-refractivity contribution in [3.63, 3.8) is 0 Å². The summed E-state index contributed by atoms with van der Waals surface area (Å²) in [5, 5.41) is 9.31. The molecule has 4 heteroatoms. The van der Waals surface area contributed by atoms with E-state index in [2.05, 4.69) is 6.07 Å². The van der Waals surface area contributed by atoms with E-state index in [1.165, 1.54) is 6.07 Å². The molecule has 1 aromatic rings. The molecular weight excluding hydrogens is 236 g/mol. The smallest absolute Gasteiger partial charge is 0.159 e. The molecule has 0 aromatic heterocycles. The number of ether oxygens (including phenoxy) is 1. The number of nitrogens with zero attached hydrogens (tertiary/aromatic N) is 1. The van der Waals surface area contributed by atoms with E-state index in [0.29, 0.717) is 18.8 Å². The van der Waals surface area contributed by atoms with E-state index in [1.54, 1.807) is 6.07 Å². The van der Waals surface area contributed by atoms with Gasteiger partial charge in [0.25, 0.3) is 0 Å². The third-order valence-electron chi connectivity index (χ3n) is 3.61. The van der Waals surface area contributed by atoms with Crippen molar-refractivity contribution < 1.29 is 13.5 Å². The van der Waals surface area contributed by atoms with Gasteiger partial charge in [0, 0.05) is 0 Å². The Kier molecular flexibility index (Phi) is 3.36. The van der Waals surface area contributed by atoms with Gasteiger partial charge >= 0.3 is 0 Å². The Balaban J connectivity index is 2.44. The molecule has 0 radical (unpaired) electrons. The molecule has 2 nitrogen and oxygen atoms in total. The molecule has 1 heterocycles. The molecule has 1 unspecified atom stereocenters. The fourth-order valence-electron chi connectivity index (χ4n) is 2.56. The van der Waals surface area contributed by atoms with Crippen LogP contribution in [0.4, 0.5) is 8.78 Å². The topological polar surface area (TPSA) is 33.0 Å². The van der Waals surface area contributed by atoms with Crippen LogP contribution < -0.4 is 0 Å². The Hall–Kier alpha value is -1.47. The predicted molar refractivity (Wildman–Crippen MR) is 62.8 cm³/mol. The summed E-state index contributed by atoms with van der Waals surface area (Å²) in [4.78, 5) is 0. The minimum absolute atomic E-state index is 0.131. The van der Waals surface area contributed by atoms with E-state index in [-0.39, 0.29) is 11.8 Å². The second kappa shape index (κ2) is 4.66. The van der Waals surface area contributed by atoms with Crippen molar-refractivity contribution in [3.8, 4) is 6.07 Å². The molecule has 0 spiro atoms. The van der Waals surface area contributed by atoms with Gasteiger partial charge in [-0.1, -0.05) is 19.9 Å². The minimum atomic E-state index is -0.876. The number of nitriles is 1. The zero-order valence-electron chi connectivity index (χ0n) is 10.4. The summed E-state index contributed by atoms with van der Waals surface area (Å²) in [6.45, 7) is 4.67. The fraction of sp³-hybridized carbons (Fsp3) is 0.500. The van der Waals surface area contributed by atoms with Gasteiger partial charge in [0.2, 0.25) is 0 Å². The lowest BCUT2D eigenvalue weighted by Crippen LogP contribution is -2.53. The van der Waals surface area contributed by atoms with Gasteiger partial charge in [0.1, 0.15) is 0 Å². The average Bonchev–Trinajstić information content (AvgIpc) is 2.26. The van der Waals surface area contributed by atoms with Gasteiger partial charge in [-0.05, 0) is 23.6 Å². The lowest BCUT2D eigenvalue weighted by Gasteiger charge is -2.46. The van der Waals surface area contributed by atoms with Crippen molar-refractivity contribution in [3.05, 3.63) is 35.4 Å². The standard InChI is InChI=1S/C14H15F2NO/c1-9(2)11(6-17)14(7-18-8-14)10-3-4-12(15)13(16)5-10/h3-5,9,11H,7-8H2,1-2H3. The number of halogens is 2. The van der Waals surface area contributed by atoms with Gasteiger partial charge < -0.3 is 4.74 Å². The quantitative estimate of drug-likeness (QED) is 0.827. The van der Waals surface area contributed by atoms with Gasteiger partial charge in [-0.3, -0.25) is 0 Å². The molecule has 18 heavy (non-hydrogen) atoms. The van der Waals surface area contributed by atoms with Crippen LogP contribution in [0.25, 0.3) is 0 Å². The number of hydrogen-bond donors (Lipinski definition) is 0. The molecule has 1 fully saturated rings. The molecule has 0 saturated carbocycles. The van der Waals surface area contributed by atoms with Crippen LogP contribution in [0.3, 0.4) is 0 Å². The van der Waals surface area contributed by atoms with Crippen molar-refractivity contribution in [2.75, 3.05) is 13.2 Å². The van der Waals surface area contributed by atoms with Crippen molar-refractivity contribution in [2.45, 2.75) is 19.3 Å². The highest BCUT2D eigenvalue weighted by molar-refractivity contribution is 5.32. The first-order chi connectivity index (χ1) is 8.51. The Bertz CT molecular complexity index is 489. The van der Waals surface area contributed by atoms with E-state index in [9.17, 15) is 14.0 Å². The molecule has 2 rings (SSSR count). The molecule has 0 N–H and O–H groups in total. The average molecular weight is 251 g/mol. The lowest BCUT2D eigenvalue weighted by molar-refractivity contribution is -0.0878. The maximum absolute atomic E-state index is 13.3. The van der Waals surface area contributed by atoms with Crippen LogP contribution in [-0.4, -0.2) is 13.2 Å². The van der Waals surface area contributed by atoms with Crippen LogP contribution in [0.15, 0.2) is 18.2 Å². The van der Waals surface area contributed by atoms with Crippen molar-refractivity contribution in [2.24, 2.45) is 11.8 Å². The van der Waals surface area contributed by atoms with Crippen LogP contribution in [0.5, 0.6) is 0 Å². The number of rotatable bonds is 3. The Labute approximate surface area is 105 Å². The van der Waals surface area contributed by atoms with Crippen molar-refractivity contribution in [1.29, 1.82) is 5.26 Å². The van der Waals surface area contributed by atoms with E-state index in [4.69, 9.17) is 4.74 Å². The first kappa shape index (κ1) is 13.0. The highest BCUT2D eigenvalue weighted by Crippen LogP contribution is 2.42. The van der Waals surface area contributed by atoms with Gasteiger partial charge in [-0.15, -0.1) is 0 Å². The molecule has 1 atom stereocenters. The van der Waals surface area contributed by atoms with Crippen LogP contribution in [0.2, 0.25) is 0 Å². The van der Waals surface area contributed by atoms with Crippen LogP contribution in [0.1, 0.15) is 19.4 Å². The third kappa shape index (κ3) is 1.89. The summed E-state index contributed by atoms with van der Waals surface area (Å²) in [5.74, 6) is -1.88. The summed E-state index contributed by atoms with van der Waals surface area (Å²) in [5.41, 5.74) is 0.144. The van der Waals surface area contributed by atoms with E-state index in [1.807, 2.05) is 13.8 Å². The first-order valence-electron chi connectivity index (χ1n) is 5.94. The third-order valence-corrected chi connectivity index (χ3v) is 3.61. The molecule has 1 aliphatic heterocycles. The summed E-state index contributed by atoms with van der Waals surface area (Å²) >= 11 is 0. The Morgan fingerprint density at radius 1 is 1.28 bits per heavy atom. The molecular formula is C14H15F2NO. The molecule has 1 aromatic carbocycles. The van der Waals surface area contributed by atoms with Crippen LogP contribution in [-0.2, 0) is 10.2 Å². The number of benzene rings is 1. The summed E-state index contributed by atoms with van der Waals surface area (Å²) in [6.07, 6.45) is 0. The van der Waals surface area contributed by atoms with Crippen LogP contribution in [0, 0.1) is 34.8 Å². The minimum Gasteiger partial charge on any atom is -0.379 e. The van der Waals surface area contributed by atoms with Crippen LogP contribution >= 0.6 is 0 Å². The fourth-order valence-corrected chi connectivity index (χ4v) is 2.56. The molecule has 0 bridgehead atoms. The largest absolute Gasteiger partial charge is 0.379 e. The SMILES string of the molecule is CC(C)C(C#N)C1(c2ccc(F)c(F)c2)COC1. The zero-order chi connectivity index (χ0) is 13.3.